The summed E-state index contributed by atoms with van der Waals surface area (Å²) in [4.78, 5) is 4.63. The van der Waals surface area contributed by atoms with E-state index in [1.165, 1.54) is 12.1 Å². The molecule has 148 valence electrons. The van der Waals surface area contributed by atoms with Crippen molar-refractivity contribution in [2.45, 2.75) is 18.7 Å². The normalized spacial score (nSPS) is 11.6. The lowest BCUT2D eigenvalue weighted by Crippen LogP contribution is -2.34. The van der Waals surface area contributed by atoms with Crippen molar-refractivity contribution in [2.75, 3.05) is 0 Å². The maximum absolute atomic E-state index is 15.1. The van der Waals surface area contributed by atoms with E-state index in [0.717, 1.165) is 15.9 Å². The summed E-state index contributed by atoms with van der Waals surface area (Å²) in [7, 11) is 6.33. The minimum absolute atomic E-state index is 0.0676. The first-order valence-corrected chi connectivity index (χ1v) is 10.3. The van der Waals surface area contributed by atoms with Crippen LogP contribution in [0.4, 0.5) is 8.78 Å². The molecule has 0 spiro atoms. The van der Waals surface area contributed by atoms with Gasteiger partial charge in [-0.3, -0.25) is 0 Å². The Bertz CT molecular complexity index is 1140. The van der Waals surface area contributed by atoms with Crippen LogP contribution in [0, 0.1) is 18.6 Å². The van der Waals surface area contributed by atoms with Crippen LogP contribution >= 0.6 is 15.9 Å². The van der Waals surface area contributed by atoms with E-state index in [9.17, 15) is 0 Å². The van der Waals surface area contributed by atoms with E-state index in [0.29, 0.717) is 5.82 Å². The van der Waals surface area contributed by atoms with Gasteiger partial charge in [-0.2, -0.15) is 0 Å². The number of halogens is 3. The third kappa shape index (κ3) is 3.29. The van der Waals surface area contributed by atoms with E-state index in [1.807, 2.05) is 35.8 Å². The highest BCUT2D eigenvalue weighted by Crippen LogP contribution is 2.44. The molecule has 2 nitrogen and oxygen atoms in total. The van der Waals surface area contributed by atoms with Gasteiger partial charge in [-0.15, -0.1) is 0 Å². The second-order valence-electron chi connectivity index (χ2n) is 7.10. The van der Waals surface area contributed by atoms with Gasteiger partial charge in [-0.25, -0.2) is 13.8 Å². The standard InChI is InChI=1S/C24H18BBrF2N2/c1-16-14-29-23(30(16)18-12-10-17(26)11-13-18)24(15-25,19-6-2-4-8-21(19)27)20-7-3-5-9-22(20)28/h2-14H,15H2,1H3. The summed E-state index contributed by atoms with van der Waals surface area (Å²) in [5, 5.41) is 0. The van der Waals surface area contributed by atoms with E-state index >= 15 is 8.78 Å². The van der Waals surface area contributed by atoms with Gasteiger partial charge in [-0.05, 0) is 43.3 Å². The highest BCUT2D eigenvalue weighted by Gasteiger charge is 2.42. The highest BCUT2D eigenvalue weighted by molar-refractivity contribution is 9.10. The van der Waals surface area contributed by atoms with Crippen LogP contribution in [0.25, 0.3) is 5.69 Å². The molecule has 4 rings (SSSR count). The lowest BCUT2D eigenvalue weighted by molar-refractivity contribution is 0.513. The molecule has 0 fully saturated rings. The number of aromatic nitrogens is 2. The van der Waals surface area contributed by atoms with Crippen molar-refractivity contribution in [3.8, 4) is 5.69 Å². The summed E-state index contributed by atoms with van der Waals surface area (Å²) in [6, 6.07) is 20.3. The molecule has 1 aromatic heterocycles. The Labute approximate surface area is 184 Å². The van der Waals surface area contributed by atoms with Crippen molar-refractivity contribution in [2.24, 2.45) is 0 Å². The predicted molar refractivity (Wildman–Crippen MR) is 119 cm³/mol. The van der Waals surface area contributed by atoms with E-state index < -0.39 is 17.0 Å². The van der Waals surface area contributed by atoms with Crippen LogP contribution < -0.4 is 0 Å². The molecule has 0 atom stereocenters. The Morgan fingerprint density at radius 1 is 0.900 bits per heavy atom. The average Bonchev–Trinajstić information content (AvgIpc) is 3.14. The number of benzene rings is 3. The minimum atomic E-state index is -1.32. The lowest BCUT2D eigenvalue weighted by Gasteiger charge is -2.35. The summed E-state index contributed by atoms with van der Waals surface area (Å²) >= 11 is 3.45. The fourth-order valence-electron chi connectivity index (χ4n) is 3.97. The molecule has 0 saturated carbocycles. The highest BCUT2D eigenvalue weighted by atomic mass is 79.9. The average molecular weight is 463 g/mol. The maximum atomic E-state index is 15.1. The number of hydrogen-bond donors (Lipinski definition) is 0. The van der Waals surface area contributed by atoms with Crippen molar-refractivity contribution in [1.82, 2.24) is 9.55 Å². The van der Waals surface area contributed by atoms with Crippen LogP contribution in [0.2, 0.25) is 6.32 Å². The Morgan fingerprint density at radius 2 is 1.43 bits per heavy atom. The van der Waals surface area contributed by atoms with Crippen LogP contribution in [-0.4, -0.2) is 17.4 Å². The molecule has 0 aliphatic rings. The second kappa shape index (κ2) is 8.19. The van der Waals surface area contributed by atoms with Gasteiger partial charge in [-0.1, -0.05) is 58.6 Å². The lowest BCUT2D eigenvalue weighted by atomic mass is 9.65. The molecule has 0 aliphatic heterocycles. The monoisotopic (exact) mass is 462 g/mol. The second-order valence-corrected chi connectivity index (χ2v) is 8.02. The molecule has 2 radical (unpaired) electrons. The van der Waals surface area contributed by atoms with Gasteiger partial charge in [0.1, 0.15) is 17.5 Å². The number of nitrogens with zero attached hydrogens (tertiary/aromatic N) is 2. The van der Waals surface area contributed by atoms with Crippen LogP contribution in [0.5, 0.6) is 0 Å². The molecule has 0 aliphatic carbocycles. The minimum Gasteiger partial charge on any atom is -0.300 e. The molecule has 6 heteroatoms. The van der Waals surface area contributed by atoms with Gasteiger partial charge in [0.05, 0.1) is 13.3 Å². The summed E-state index contributed by atoms with van der Waals surface area (Å²) in [5.74, 6) is -0.469. The molecule has 0 amide bonds. The fourth-order valence-corrected chi connectivity index (χ4v) is 4.23. The number of hydrogen-bond acceptors (Lipinski definition) is 1. The van der Waals surface area contributed by atoms with Crippen LogP contribution in [-0.2, 0) is 5.41 Å². The zero-order chi connectivity index (χ0) is 21.3. The Morgan fingerprint density at radius 3 is 1.93 bits per heavy atom. The van der Waals surface area contributed by atoms with Gasteiger partial charge >= 0.3 is 0 Å². The summed E-state index contributed by atoms with van der Waals surface area (Å²) in [5.41, 5.74) is 0.896. The smallest absolute Gasteiger partial charge is 0.128 e. The first-order chi connectivity index (χ1) is 14.5. The van der Waals surface area contributed by atoms with Crippen LogP contribution in [0.15, 0.2) is 83.5 Å². The van der Waals surface area contributed by atoms with Gasteiger partial charge in [0.2, 0.25) is 0 Å². The van der Waals surface area contributed by atoms with Crippen molar-refractivity contribution in [1.29, 1.82) is 0 Å². The molecule has 0 N–H and O–H groups in total. The van der Waals surface area contributed by atoms with E-state index in [1.54, 1.807) is 42.6 Å². The molecule has 1 heterocycles. The van der Waals surface area contributed by atoms with Gasteiger partial charge in [0.25, 0.3) is 0 Å². The summed E-state index contributed by atoms with van der Waals surface area (Å²) in [6.07, 6.45) is 1.63. The molecule has 3 aromatic carbocycles. The van der Waals surface area contributed by atoms with Gasteiger partial charge in [0, 0.05) is 33.2 Å². The van der Waals surface area contributed by atoms with Crippen LogP contribution in [0.1, 0.15) is 22.6 Å². The number of imidazole rings is 1. The Balaban J connectivity index is 2.10. The zero-order valence-corrected chi connectivity index (χ0v) is 17.9. The SMILES string of the molecule is [B]CC(c1ccccc1F)(c1ccccc1F)c1ncc(C)n1-c1ccc(Br)cc1. The number of aryl methyl sites for hydroxylation is 1. The van der Waals surface area contributed by atoms with Crippen molar-refractivity contribution >= 4 is 23.8 Å². The maximum Gasteiger partial charge on any atom is 0.128 e. The Kier molecular flexibility index (Phi) is 5.61. The quantitative estimate of drug-likeness (QED) is 0.325. The first kappa shape index (κ1) is 20.5. The molecule has 0 unspecified atom stereocenters. The predicted octanol–water partition coefficient (Wildman–Crippen LogP) is 6.14. The van der Waals surface area contributed by atoms with Crippen molar-refractivity contribution < 1.29 is 8.78 Å². The number of rotatable bonds is 5. The molecular weight excluding hydrogens is 445 g/mol. The summed E-state index contributed by atoms with van der Waals surface area (Å²) in [6.45, 7) is 1.91. The molecule has 0 saturated heterocycles. The third-order valence-electron chi connectivity index (χ3n) is 5.38. The van der Waals surface area contributed by atoms with Crippen molar-refractivity contribution in [3.05, 3.63) is 118 Å². The molecule has 4 aromatic rings. The fraction of sp³-hybridized carbons (Fsp3) is 0.125. The first-order valence-electron chi connectivity index (χ1n) is 9.50. The van der Waals surface area contributed by atoms with E-state index in [4.69, 9.17) is 7.85 Å². The van der Waals surface area contributed by atoms with E-state index in [-0.39, 0.29) is 17.4 Å². The zero-order valence-electron chi connectivity index (χ0n) is 16.3. The van der Waals surface area contributed by atoms with Gasteiger partial charge in [0.15, 0.2) is 0 Å². The largest absolute Gasteiger partial charge is 0.300 e. The summed E-state index contributed by atoms with van der Waals surface area (Å²) < 4.78 is 33.1. The topological polar surface area (TPSA) is 17.8 Å². The molecule has 30 heavy (non-hydrogen) atoms. The van der Waals surface area contributed by atoms with Gasteiger partial charge < -0.3 is 4.57 Å². The third-order valence-corrected chi connectivity index (χ3v) is 5.91. The van der Waals surface area contributed by atoms with E-state index in [2.05, 4.69) is 20.9 Å². The Hall–Kier alpha value is -2.73. The van der Waals surface area contributed by atoms with Crippen LogP contribution in [0.3, 0.4) is 0 Å². The van der Waals surface area contributed by atoms with Crippen molar-refractivity contribution in [3.63, 3.8) is 0 Å². The molecule has 0 bridgehead atoms. The molecular formula is C24H18BBrF2N2.